The van der Waals surface area contributed by atoms with E-state index >= 15 is 0 Å². The lowest BCUT2D eigenvalue weighted by Gasteiger charge is -2.16. The maximum atomic E-state index is 12.8. The third kappa shape index (κ3) is 4.06. The van der Waals surface area contributed by atoms with Gasteiger partial charge in [-0.2, -0.15) is 5.10 Å². The van der Waals surface area contributed by atoms with E-state index < -0.39 is 6.04 Å². The highest BCUT2D eigenvalue weighted by Gasteiger charge is 2.22. The van der Waals surface area contributed by atoms with Crippen LogP contribution in [0.1, 0.15) is 22.8 Å². The highest BCUT2D eigenvalue weighted by Crippen LogP contribution is 2.21. The van der Waals surface area contributed by atoms with E-state index in [1.807, 2.05) is 60.7 Å². The van der Waals surface area contributed by atoms with Gasteiger partial charge in [-0.25, -0.2) is 0 Å². The van der Waals surface area contributed by atoms with Gasteiger partial charge in [-0.1, -0.05) is 60.7 Å². The predicted molar refractivity (Wildman–Crippen MR) is 101 cm³/mol. The first-order valence-corrected chi connectivity index (χ1v) is 8.49. The molecular formula is C21H21N3O2. The lowest BCUT2D eigenvalue weighted by Crippen LogP contribution is -2.41. The summed E-state index contributed by atoms with van der Waals surface area (Å²) in [6.45, 7) is 1.50. The number of hydrogen-bond acceptors (Lipinski definition) is 3. The molecule has 1 N–H and O–H groups in total. The zero-order valence-electron chi connectivity index (χ0n) is 14.8. The van der Waals surface area contributed by atoms with E-state index in [-0.39, 0.29) is 11.7 Å². The van der Waals surface area contributed by atoms with Crippen LogP contribution in [-0.2, 0) is 18.3 Å². The minimum absolute atomic E-state index is 0.0765. The van der Waals surface area contributed by atoms with Crippen molar-refractivity contribution in [2.45, 2.75) is 19.4 Å². The van der Waals surface area contributed by atoms with Gasteiger partial charge in [-0.15, -0.1) is 0 Å². The van der Waals surface area contributed by atoms with Gasteiger partial charge < -0.3 is 5.32 Å². The second-order valence-corrected chi connectivity index (χ2v) is 6.26. The number of aromatic nitrogens is 2. The van der Waals surface area contributed by atoms with Crippen LogP contribution in [0.3, 0.4) is 0 Å². The van der Waals surface area contributed by atoms with Gasteiger partial charge in [0.1, 0.15) is 5.69 Å². The van der Waals surface area contributed by atoms with E-state index in [1.165, 1.54) is 6.92 Å². The Balaban J connectivity index is 1.83. The number of nitrogens with one attached hydrogen (secondary N) is 1. The van der Waals surface area contributed by atoms with Gasteiger partial charge in [-0.3, -0.25) is 14.3 Å². The molecule has 0 saturated carbocycles. The number of rotatable bonds is 6. The minimum Gasteiger partial charge on any atom is -0.342 e. The van der Waals surface area contributed by atoms with Crippen molar-refractivity contribution < 1.29 is 9.59 Å². The van der Waals surface area contributed by atoms with Crippen molar-refractivity contribution in [1.82, 2.24) is 15.1 Å². The van der Waals surface area contributed by atoms with Crippen LogP contribution >= 0.6 is 0 Å². The molecule has 0 aliphatic heterocycles. The smallest absolute Gasteiger partial charge is 0.255 e. The summed E-state index contributed by atoms with van der Waals surface area (Å²) >= 11 is 0. The van der Waals surface area contributed by atoms with Crippen LogP contribution in [0.2, 0.25) is 0 Å². The summed E-state index contributed by atoms with van der Waals surface area (Å²) in [5, 5.41) is 7.27. The second kappa shape index (κ2) is 7.78. The van der Waals surface area contributed by atoms with Gasteiger partial charge in [0.05, 0.1) is 11.6 Å². The molecule has 0 aliphatic carbocycles. The molecule has 5 nitrogen and oxygen atoms in total. The highest BCUT2D eigenvalue weighted by atomic mass is 16.2. The number of aryl methyl sites for hydroxylation is 1. The van der Waals surface area contributed by atoms with Crippen molar-refractivity contribution >= 4 is 11.7 Å². The Morgan fingerprint density at radius 3 is 2.27 bits per heavy atom. The summed E-state index contributed by atoms with van der Waals surface area (Å²) in [5.41, 5.74) is 2.92. The maximum absolute atomic E-state index is 12.8. The van der Waals surface area contributed by atoms with E-state index in [0.29, 0.717) is 17.7 Å². The van der Waals surface area contributed by atoms with Gasteiger partial charge in [0.25, 0.3) is 5.91 Å². The molecule has 132 valence electrons. The van der Waals surface area contributed by atoms with E-state index in [0.717, 1.165) is 11.1 Å². The Morgan fingerprint density at radius 1 is 1.04 bits per heavy atom. The number of hydrogen-bond donors (Lipinski definition) is 1. The van der Waals surface area contributed by atoms with Crippen LogP contribution < -0.4 is 5.32 Å². The lowest BCUT2D eigenvalue weighted by atomic mass is 10.0. The zero-order chi connectivity index (χ0) is 18.5. The number of amides is 1. The Bertz CT molecular complexity index is 902. The molecule has 3 rings (SSSR count). The summed E-state index contributed by atoms with van der Waals surface area (Å²) in [6, 6.07) is 18.6. The van der Waals surface area contributed by atoms with Gasteiger partial charge in [0, 0.05) is 18.8 Å². The van der Waals surface area contributed by atoms with Crippen LogP contribution in [0.4, 0.5) is 0 Å². The Kier molecular flexibility index (Phi) is 5.27. The number of Topliss-reactive ketones (excluding diaryl/α,β-unsaturated/α-hetero) is 1. The van der Waals surface area contributed by atoms with Crippen molar-refractivity contribution in [2.24, 2.45) is 7.05 Å². The topological polar surface area (TPSA) is 64.0 Å². The van der Waals surface area contributed by atoms with E-state index in [1.54, 1.807) is 17.9 Å². The summed E-state index contributed by atoms with van der Waals surface area (Å²) in [5.74, 6) is -0.375. The zero-order valence-corrected chi connectivity index (χ0v) is 14.8. The molecule has 1 aromatic heterocycles. The van der Waals surface area contributed by atoms with Crippen molar-refractivity contribution in [1.29, 1.82) is 0 Å². The molecule has 0 aliphatic rings. The van der Waals surface area contributed by atoms with E-state index in [4.69, 9.17) is 0 Å². The third-order valence-corrected chi connectivity index (χ3v) is 4.20. The van der Waals surface area contributed by atoms with Crippen LogP contribution in [0, 0.1) is 0 Å². The minimum atomic E-state index is -0.575. The van der Waals surface area contributed by atoms with Crippen molar-refractivity contribution in [3.8, 4) is 11.3 Å². The molecule has 5 heteroatoms. The van der Waals surface area contributed by atoms with Crippen molar-refractivity contribution in [3.05, 3.63) is 78.0 Å². The fourth-order valence-electron chi connectivity index (χ4n) is 2.85. The first kappa shape index (κ1) is 17.6. The second-order valence-electron chi connectivity index (χ2n) is 6.26. The summed E-state index contributed by atoms with van der Waals surface area (Å²) in [6.07, 6.45) is 2.14. The monoisotopic (exact) mass is 347 g/mol. The highest BCUT2D eigenvalue weighted by molar-refractivity contribution is 6.02. The predicted octanol–water partition coefficient (Wildman–Crippen LogP) is 3.02. The number of ketones is 1. The number of benzene rings is 2. The average molecular weight is 347 g/mol. The molecule has 0 radical (unpaired) electrons. The molecule has 0 bridgehead atoms. The molecule has 0 saturated heterocycles. The van der Waals surface area contributed by atoms with Crippen LogP contribution in [0.15, 0.2) is 66.9 Å². The molecule has 0 unspecified atom stereocenters. The van der Waals surface area contributed by atoms with Gasteiger partial charge in [0.2, 0.25) is 0 Å². The molecule has 0 spiro atoms. The van der Waals surface area contributed by atoms with Crippen molar-refractivity contribution in [3.63, 3.8) is 0 Å². The molecule has 1 heterocycles. The first-order valence-electron chi connectivity index (χ1n) is 8.49. The summed E-state index contributed by atoms with van der Waals surface area (Å²) < 4.78 is 1.61. The molecule has 1 atom stereocenters. The third-order valence-electron chi connectivity index (χ3n) is 4.20. The number of carbonyl (C=O) groups excluding carboxylic acids is 2. The molecule has 2 aromatic carbocycles. The quantitative estimate of drug-likeness (QED) is 0.745. The van der Waals surface area contributed by atoms with Gasteiger partial charge in [0.15, 0.2) is 5.78 Å². The molecule has 0 fully saturated rings. The fraction of sp³-hybridized carbons (Fsp3) is 0.190. The standard InChI is InChI=1S/C21H21N3O2/c1-15(25)19(13-16-9-5-3-6-10-16)22-21(26)18-14-24(2)23-20(18)17-11-7-4-8-12-17/h3-12,14,19H,13H2,1-2H3,(H,22,26)/t19-/m0/s1. The van der Waals surface area contributed by atoms with Gasteiger partial charge >= 0.3 is 0 Å². The SMILES string of the molecule is CC(=O)[C@H](Cc1ccccc1)NC(=O)c1cn(C)nc1-c1ccccc1. The van der Waals surface area contributed by atoms with Crippen LogP contribution in [0.25, 0.3) is 11.3 Å². The van der Waals surface area contributed by atoms with Gasteiger partial charge in [-0.05, 0) is 18.9 Å². The number of carbonyl (C=O) groups is 2. The summed E-state index contributed by atoms with van der Waals surface area (Å²) in [4.78, 5) is 24.9. The van der Waals surface area contributed by atoms with Crippen LogP contribution in [-0.4, -0.2) is 27.5 Å². The molecule has 3 aromatic rings. The number of nitrogens with zero attached hydrogens (tertiary/aromatic N) is 2. The molecule has 1 amide bonds. The van der Waals surface area contributed by atoms with E-state index in [2.05, 4.69) is 10.4 Å². The Hall–Kier alpha value is -3.21. The Labute approximate surface area is 152 Å². The first-order chi connectivity index (χ1) is 12.5. The Morgan fingerprint density at radius 2 is 1.65 bits per heavy atom. The van der Waals surface area contributed by atoms with Crippen LogP contribution in [0.5, 0.6) is 0 Å². The molecular weight excluding hydrogens is 326 g/mol. The summed E-state index contributed by atoms with van der Waals surface area (Å²) in [7, 11) is 1.77. The van der Waals surface area contributed by atoms with Crippen molar-refractivity contribution in [2.75, 3.05) is 0 Å². The maximum Gasteiger partial charge on any atom is 0.255 e. The van der Waals surface area contributed by atoms with E-state index in [9.17, 15) is 9.59 Å². The largest absolute Gasteiger partial charge is 0.342 e. The normalized spacial score (nSPS) is 11.8. The fourth-order valence-corrected chi connectivity index (χ4v) is 2.85. The molecule has 26 heavy (non-hydrogen) atoms. The lowest BCUT2D eigenvalue weighted by molar-refractivity contribution is -0.118. The average Bonchev–Trinajstić information content (AvgIpc) is 3.04.